The van der Waals surface area contributed by atoms with Gasteiger partial charge in [0.25, 0.3) is 11.8 Å². The van der Waals surface area contributed by atoms with Crippen molar-refractivity contribution >= 4 is 66.4 Å². The van der Waals surface area contributed by atoms with Crippen molar-refractivity contribution in [2.45, 2.75) is 162 Å². The summed E-state index contributed by atoms with van der Waals surface area (Å²) in [5.74, 6) is 1.65. The molecule has 0 radical (unpaired) electrons. The van der Waals surface area contributed by atoms with Crippen molar-refractivity contribution in [2.75, 3.05) is 77.6 Å². The zero-order valence-corrected chi connectivity index (χ0v) is 56.1. The van der Waals surface area contributed by atoms with Crippen molar-refractivity contribution in [2.24, 2.45) is 23.7 Å². The highest BCUT2D eigenvalue weighted by Gasteiger charge is 2.47. The van der Waals surface area contributed by atoms with Crippen molar-refractivity contribution in [3.8, 4) is 11.5 Å². The Morgan fingerprint density at radius 1 is 0.578 bits per heavy atom. The molecule has 2 fully saturated rings. The van der Waals surface area contributed by atoms with Crippen LogP contribution < -0.4 is 28.7 Å². The van der Waals surface area contributed by atoms with Gasteiger partial charge in [0, 0.05) is 86.6 Å². The highest BCUT2D eigenvalue weighted by molar-refractivity contribution is 7.91. The molecule has 20 heteroatoms. The molecule has 4 aromatic carbocycles. The molecule has 4 bridgehead atoms. The van der Waals surface area contributed by atoms with Crippen molar-refractivity contribution in [3.05, 3.63) is 141 Å². The monoisotopic (exact) mass is 1310 g/mol. The lowest BCUT2D eigenvalue weighted by Gasteiger charge is -2.46. The first-order valence-electron chi connectivity index (χ1n) is 32.4. The molecule has 2 saturated carbocycles. The zero-order valence-electron chi connectivity index (χ0n) is 52.9. The van der Waals surface area contributed by atoms with Gasteiger partial charge in [0.05, 0.1) is 59.5 Å². The maximum Gasteiger partial charge on any atom is 0.264 e. The molecule has 0 unspecified atom stereocenters. The van der Waals surface area contributed by atoms with Gasteiger partial charge in [-0.3, -0.25) is 9.59 Å². The van der Waals surface area contributed by atoms with Gasteiger partial charge in [-0.1, -0.05) is 59.6 Å². The van der Waals surface area contributed by atoms with Crippen LogP contribution >= 0.6 is 23.2 Å². The van der Waals surface area contributed by atoms with Crippen LogP contribution in [0.4, 0.5) is 11.4 Å². The van der Waals surface area contributed by atoms with Gasteiger partial charge in [-0.15, -0.1) is 0 Å². The second-order valence-corrected chi connectivity index (χ2v) is 31.5. The quantitative estimate of drug-likeness (QED) is 0.159. The fraction of sp³-hybridized carbons (Fsp3) is 0.571. The number of methoxy groups -OCH3 is 4. The standard InChI is InChI=1S/2C35H45ClN2O6S/c2*1-23(42-2)17-28-8-4-5-9-32(43-3)29-13-10-26(29)20-38-21-35(16-6-7-24-18-27(36)12-14-30(24)35)22-44-33-15-11-25(19-31(33)38)34(39)37-45(28,40)41/h2*5,9,11-12,14-15,18-19,23,26,28-29,32H,4,6-8,10,13,16-17,20-22H2,1-3H3,(H,37,39)/b2*9-5+/t23-,26-,28+,29+,32-,35-;23-,26-,28-,29+,32-,35-/m00/s1. The summed E-state index contributed by atoms with van der Waals surface area (Å²) in [7, 11) is -1.32. The molecule has 2 spiro atoms. The first kappa shape index (κ1) is 66.3. The van der Waals surface area contributed by atoms with Crippen molar-refractivity contribution in [3.63, 3.8) is 0 Å². The van der Waals surface area contributed by atoms with Crippen LogP contribution in [0.1, 0.15) is 147 Å². The number of sulfonamides is 2. The normalized spacial score (nSPS) is 30.9. The number of carbonyl (C=O) groups is 2. The van der Waals surface area contributed by atoms with Crippen molar-refractivity contribution in [1.82, 2.24) is 9.44 Å². The lowest BCUT2D eigenvalue weighted by Crippen LogP contribution is -2.49. The third-order valence-corrected chi connectivity index (χ3v) is 25.2. The highest BCUT2D eigenvalue weighted by Crippen LogP contribution is 2.50. The molecule has 4 heterocycles. The summed E-state index contributed by atoms with van der Waals surface area (Å²) in [5.41, 5.74) is 6.85. The Balaban J connectivity index is 0.000000185. The molecule has 90 heavy (non-hydrogen) atoms. The molecule has 8 aliphatic rings. The minimum Gasteiger partial charge on any atom is -0.490 e. The van der Waals surface area contributed by atoms with E-state index in [1.165, 1.54) is 22.3 Å². The van der Waals surface area contributed by atoms with Gasteiger partial charge in [-0.25, -0.2) is 26.3 Å². The summed E-state index contributed by atoms with van der Waals surface area (Å²) < 4.78 is 95.1. The number of allylic oxidation sites excluding steroid dienone is 2. The summed E-state index contributed by atoms with van der Waals surface area (Å²) >= 11 is 12.8. The number of fused-ring (bicyclic) bond motifs is 8. The first-order chi connectivity index (χ1) is 43.2. The Kier molecular flexibility index (Phi) is 20.8. The molecule has 4 aliphatic carbocycles. The van der Waals surface area contributed by atoms with E-state index >= 15 is 0 Å². The predicted octanol–water partition coefficient (Wildman–Crippen LogP) is 12.1. The molecule has 4 aliphatic heterocycles. The number of nitrogens with zero attached hydrogens (tertiary/aromatic N) is 2. The van der Waals surface area contributed by atoms with Gasteiger partial charge < -0.3 is 38.2 Å². The molecular weight excluding hydrogens is 1220 g/mol. The smallest absolute Gasteiger partial charge is 0.264 e. The van der Waals surface area contributed by atoms with E-state index in [9.17, 15) is 26.4 Å². The number of benzene rings is 4. The Bertz CT molecular complexity index is 3320. The van der Waals surface area contributed by atoms with E-state index in [1.807, 2.05) is 62.4 Å². The van der Waals surface area contributed by atoms with Crippen LogP contribution in [0, 0.1) is 23.7 Å². The van der Waals surface area contributed by atoms with Crippen LogP contribution in [0.15, 0.2) is 97.1 Å². The number of ether oxygens (including phenoxy) is 6. The maximum absolute atomic E-state index is 13.6. The van der Waals surface area contributed by atoms with Crippen LogP contribution in [0.25, 0.3) is 0 Å². The molecule has 488 valence electrons. The van der Waals surface area contributed by atoms with Crippen LogP contribution in [-0.2, 0) is 62.7 Å². The fourth-order valence-corrected chi connectivity index (χ4v) is 19.1. The Labute approximate surface area is 543 Å². The number of hydrogen-bond donors (Lipinski definition) is 2. The number of carbonyl (C=O) groups excluding carboxylic acids is 2. The zero-order chi connectivity index (χ0) is 63.5. The molecule has 0 aromatic heterocycles. The molecule has 2 N–H and O–H groups in total. The van der Waals surface area contributed by atoms with Crippen LogP contribution in [0.5, 0.6) is 11.5 Å². The van der Waals surface area contributed by atoms with Crippen molar-refractivity contribution < 1.29 is 54.8 Å². The molecular formula is C70H90Cl2N4O12S2. The first-order valence-corrected chi connectivity index (χ1v) is 36.3. The molecule has 12 atom stereocenters. The van der Waals surface area contributed by atoms with Gasteiger partial charge in [-0.2, -0.15) is 0 Å². The van der Waals surface area contributed by atoms with E-state index in [-0.39, 0.29) is 48.1 Å². The van der Waals surface area contributed by atoms with E-state index in [0.717, 1.165) is 112 Å². The SMILES string of the molecule is CO[C@H]1/C=C/CC[C@@H](C[C@H](C)OC)S(=O)(=O)NC(=O)c2ccc3c(c2)N(C[C@@H]2CC[C@H]21)C[C@@]1(CCCc2cc(Cl)ccc21)CO3.CO[C@H]1/C=C/CC[C@H](C[C@H](C)OC)S(=O)(=O)NC(=O)c2ccc3c(c2)N(C[C@@H]2CC[C@H]21)C[C@@]1(CCCc2cc(Cl)ccc21)CO3. The average molecular weight is 1310 g/mol. The lowest BCUT2D eigenvalue weighted by atomic mass is 9.68. The van der Waals surface area contributed by atoms with E-state index in [0.29, 0.717) is 85.2 Å². The Morgan fingerprint density at radius 2 is 1.00 bits per heavy atom. The fourth-order valence-electron chi connectivity index (χ4n) is 15.7. The Morgan fingerprint density at radius 3 is 1.38 bits per heavy atom. The second kappa shape index (κ2) is 28.2. The summed E-state index contributed by atoms with van der Waals surface area (Å²) in [5, 5.41) is -0.0816. The van der Waals surface area contributed by atoms with Gasteiger partial charge in [0.2, 0.25) is 20.0 Å². The topological polar surface area (TPSA) is 188 Å². The van der Waals surface area contributed by atoms with Crippen LogP contribution in [0.3, 0.4) is 0 Å². The number of aryl methyl sites for hydroxylation is 2. The third kappa shape index (κ3) is 14.3. The second-order valence-electron chi connectivity index (χ2n) is 26.7. The largest absolute Gasteiger partial charge is 0.490 e. The third-order valence-electron chi connectivity index (χ3n) is 21.2. The van der Waals surface area contributed by atoms with Crippen molar-refractivity contribution in [1.29, 1.82) is 0 Å². The van der Waals surface area contributed by atoms with E-state index in [4.69, 9.17) is 51.6 Å². The molecule has 16 nitrogen and oxygen atoms in total. The number of anilines is 2. The molecule has 12 rings (SSSR count). The van der Waals surface area contributed by atoms with E-state index < -0.39 is 42.4 Å². The lowest BCUT2D eigenvalue weighted by molar-refractivity contribution is 0.0131. The summed E-state index contributed by atoms with van der Waals surface area (Å²) in [6.45, 7) is 7.76. The summed E-state index contributed by atoms with van der Waals surface area (Å²) in [6, 6.07) is 23.0. The van der Waals surface area contributed by atoms with Crippen LogP contribution in [-0.4, -0.2) is 131 Å². The Hall–Kier alpha value is -5.18. The summed E-state index contributed by atoms with van der Waals surface area (Å²) in [6.07, 6.45) is 20.4. The number of amides is 2. The van der Waals surface area contributed by atoms with Gasteiger partial charge >= 0.3 is 0 Å². The average Bonchev–Trinajstić information content (AvgIpc) is 1.48. The number of hydrogen-bond acceptors (Lipinski definition) is 14. The molecule has 4 aromatic rings. The number of halogens is 2. The number of nitrogens with one attached hydrogen (secondary N) is 2. The van der Waals surface area contributed by atoms with E-state index in [1.54, 1.807) is 40.6 Å². The molecule has 2 amide bonds. The van der Waals surface area contributed by atoms with Gasteiger partial charge in [0.15, 0.2) is 0 Å². The highest BCUT2D eigenvalue weighted by atomic mass is 35.5. The number of rotatable bonds is 8. The van der Waals surface area contributed by atoms with E-state index in [2.05, 4.69) is 55.7 Å². The van der Waals surface area contributed by atoms with Crippen LogP contribution in [0.2, 0.25) is 10.0 Å². The van der Waals surface area contributed by atoms with Gasteiger partial charge in [0.1, 0.15) is 11.5 Å². The van der Waals surface area contributed by atoms with Gasteiger partial charge in [-0.05, 0) is 223 Å². The summed E-state index contributed by atoms with van der Waals surface area (Å²) in [4.78, 5) is 31.9. The predicted molar refractivity (Wildman–Crippen MR) is 354 cm³/mol. The molecule has 0 saturated heterocycles. The minimum atomic E-state index is -3.98. The maximum atomic E-state index is 13.6. The minimum absolute atomic E-state index is 0.0511.